The molecule has 2 rings (SSSR count). The van der Waals surface area contributed by atoms with Crippen LogP contribution in [-0.2, 0) is 4.79 Å². The highest BCUT2D eigenvalue weighted by Gasteiger charge is 2.27. The van der Waals surface area contributed by atoms with Crippen molar-refractivity contribution in [3.05, 3.63) is 71.8 Å². The topological polar surface area (TPSA) is 63.3 Å². The van der Waals surface area contributed by atoms with E-state index in [-0.39, 0.29) is 0 Å². The van der Waals surface area contributed by atoms with Crippen LogP contribution in [0, 0.1) is 0 Å². The van der Waals surface area contributed by atoms with E-state index in [1.807, 2.05) is 36.4 Å². The van der Waals surface area contributed by atoms with Gasteiger partial charge in [0.25, 0.3) is 0 Å². The van der Waals surface area contributed by atoms with E-state index in [2.05, 4.69) is 0 Å². The van der Waals surface area contributed by atoms with Crippen molar-refractivity contribution in [3.8, 4) is 0 Å². The van der Waals surface area contributed by atoms with Gasteiger partial charge in [0, 0.05) is 0 Å². The SMILES string of the molecule is NC(=O)[C@H](c1ccccc1)[C@H](O)c1ccccc1. The molecule has 3 nitrogen and oxygen atoms in total. The largest absolute Gasteiger partial charge is 0.387 e. The summed E-state index contributed by atoms with van der Waals surface area (Å²) < 4.78 is 0. The Morgan fingerprint density at radius 2 is 1.33 bits per heavy atom. The fourth-order valence-corrected chi connectivity index (χ4v) is 2.01. The lowest BCUT2D eigenvalue weighted by Gasteiger charge is -2.20. The predicted molar refractivity (Wildman–Crippen MR) is 69.8 cm³/mol. The maximum absolute atomic E-state index is 11.6. The standard InChI is InChI=1S/C15H15NO2/c16-15(18)13(11-7-3-1-4-8-11)14(17)12-9-5-2-6-10-12/h1-10,13-14,17H,(H2,16,18)/t13-,14-/m1/s1. The Balaban J connectivity index is 2.35. The first kappa shape index (κ1) is 12.3. The fourth-order valence-electron chi connectivity index (χ4n) is 2.01. The highest BCUT2D eigenvalue weighted by atomic mass is 16.3. The van der Waals surface area contributed by atoms with Gasteiger partial charge in [0.05, 0.1) is 12.0 Å². The first-order valence-electron chi connectivity index (χ1n) is 5.77. The van der Waals surface area contributed by atoms with Gasteiger partial charge in [0.1, 0.15) is 0 Å². The summed E-state index contributed by atoms with van der Waals surface area (Å²) in [5, 5.41) is 10.3. The molecule has 0 radical (unpaired) electrons. The molecule has 0 saturated heterocycles. The van der Waals surface area contributed by atoms with E-state index in [0.29, 0.717) is 5.56 Å². The molecule has 1 amide bonds. The van der Waals surface area contributed by atoms with Gasteiger partial charge in [-0.3, -0.25) is 4.79 Å². The molecule has 2 atom stereocenters. The molecule has 0 bridgehead atoms. The van der Waals surface area contributed by atoms with Crippen LogP contribution in [-0.4, -0.2) is 11.0 Å². The second kappa shape index (κ2) is 5.47. The van der Waals surface area contributed by atoms with Gasteiger partial charge in [-0.25, -0.2) is 0 Å². The summed E-state index contributed by atoms with van der Waals surface area (Å²) in [6.45, 7) is 0. The lowest BCUT2D eigenvalue weighted by molar-refractivity contribution is -0.122. The van der Waals surface area contributed by atoms with Crippen LogP contribution in [0.25, 0.3) is 0 Å². The zero-order valence-electron chi connectivity index (χ0n) is 9.86. The van der Waals surface area contributed by atoms with Gasteiger partial charge in [0.15, 0.2) is 0 Å². The Labute approximate surface area is 106 Å². The second-order valence-electron chi connectivity index (χ2n) is 4.15. The monoisotopic (exact) mass is 241 g/mol. The maximum Gasteiger partial charge on any atom is 0.227 e. The summed E-state index contributed by atoms with van der Waals surface area (Å²) >= 11 is 0. The number of carbonyl (C=O) groups is 1. The van der Waals surface area contributed by atoms with Crippen molar-refractivity contribution in [3.63, 3.8) is 0 Å². The quantitative estimate of drug-likeness (QED) is 0.859. The molecule has 0 aliphatic carbocycles. The van der Waals surface area contributed by atoms with Gasteiger partial charge in [-0.05, 0) is 11.1 Å². The summed E-state index contributed by atoms with van der Waals surface area (Å²) in [5.74, 6) is -1.26. The molecule has 0 unspecified atom stereocenters. The summed E-state index contributed by atoms with van der Waals surface area (Å²) in [5.41, 5.74) is 6.82. The number of aliphatic hydroxyl groups is 1. The molecule has 2 aromatic rings. The molecule has 3 heteroatoms. The molecule has 0 aromatic heterocycles. The first-order chi connectivity index (χ1) is 8.70. The van der Waals surface area contributed by atoms with Crippen LogP contribution in [0.5, 0.6) is 0 Å². The van der Waals surface area contributed by atoms with Crippen molar-refractivity contribution in [2.75, 3.05) is 0 Å². The van der Waals surface area contributed by atoms with E-state index in [9.17, 15) is 9.90 Å². The molecule has 3 N–H and O–H groups in total. The van der Waals surface area contributed by atoms with Crippen molar-refractivity contribution < 1.29 is 9.90 Å². The molecule has 0 heterocycles. The first-order valence-corrected chi connectivity index (χ1v) is 5.77. The van der Waals surface area contributed by atoms with Crippen LogP contribution in [0.15, 0.2) is 60.7 Å². The lowest BCUT2D eigenvalue weighted by atomic mass is 9.89. The van der Waals surface area contributed by atoms with Crippen molar-refractivity contribution in [1.29, 1.82) is 0 Å². The maximum atomic E-state index is 11.6. The van der Waals surface area contributed by atoms with Crippen LogP contribution in [0.1, 0.15) is 23.1 Å². The normalized spacial score (nSPS) is 13.8. The van der Waals surface area contributed by atoms with Gasteiger partial charge in [-0.15, -0.1) is 0 Å². The Morgan fingerprint density at radius 3 is 1.78 bits per heavy atom. The fraction of sp³-hybridized carbons (Fsp3) is 0.133. The summed E-state index contributed by atoms with van der Waals surface area (Å²) in [6, 6.07) is 18.2. The van der Waals surface area contributed by atoms with Crippen molar-refractivity contribution in [1.82, 2.24) is 0 Å². The molecule has 0 spiro atoms. The van der Waals surface area contributed by atoms with Crippen molar-refractivity contribution in [2.24, 2.45) is 5.73 Å². The average Bonchev–Trinajstić information content (AvgIpc) is 2.40. The zero-order chi connectivity index (χ0) is 13.0. The number of aliphatic hydroxyl groups excluding tert-OH is 1. The minimum absolute atomic E-state index is 0.530. The van der Waals surface area contributed by atoms with Crippen LogP contribution in [0.4, 0.5) is 0 Å². The Hall–Kier alpha value is -2.13. The predicted octanol–water partition coefficient (Wildman–Crippen LogP) is 1.99. The smallest absolute Gasteiger partial charge is 0.227 e. The van der Waals surface area contributed by atoms with Gasteiger partial charge < -0.3 is 10.8 Å². The molecular weight excluding hydrogens is 226 g/mol. The molecule has 18 heavy (non-hydrogen) atoms. The van der Waals surface area contributed by atoms with Gasteiger partial charge in [0.2, 0.25) is 5.91 Å². The van der Waals surface area contributed by atoms with Gasteiger partial charge in [-0.1, -0.05) is 60.7 Å². The average molecular weight is 241 g/mol. The molecule has 2 aromatic carbocycles. The summed E-state index contributed by atoms with van der Waals surface area (Å²) in [6.07, 6.45) is -0.925. The second-order valence-corrected chi connectivity index (χ2v) is 4.15. The number of primary amides is 1. The lowest BCUT2D eigenvalue weighted by Crippen LogP contribution is -2.26. The molecule has 0 aliphatic rings. The van der Waals surface area contributed by atoms with Gasteiger partial charge in [-0.2, -0.15) is 0 Å². The molecular formula is C15H15NO2. The van der Waals surface area contributed by atoms with Gasteiger partial charge >= 0.3 is 0 Å². The zero-order valence-corrected chi connectivity index (χ0v) is 9.86. The number of amides is 1. The van der Waals surface area contributed by atoms with E-state index in [1.54, 1.807) is 24.3 Å². The summed E-state index contributed by atoms with van der Waals surface area (Å²) in [7, 11) is 0. The van der Waals surface area contributed by atoms with E-state index in [4.69, 9.17) is 5.73 Å². The highest BCUT2D eigenvalue weighted by Crippen LogP contribution is 2.30. The van der Waals surface area contributed by atoms with Crippen LogP contribution >= 0.6 is 0 Å². The molecule has 0 aliphatic heterocycles. The van der Waals surface area contributed by atoms with E-state index < -0.39 is 17.9 Å². The van der Waals surface area contributed by atoms with Crippen LogP contribution in [0.3, 0.4) is 0 Å². The van der Waals surface area contributed by atoms with E-state index >= 15 is 0 Å². The Bertz CT molecular complexity index is 511. The number of carbonyl (C=O) groups excluding carboxylic acids is 1. The third kappa shape index (κ3) is 2.57. The third-order valence-electron chi connectivity index (χ3n) is 2.92. The van der Waals surface area contributed by atoms with Crippen LogP contribution in [0.2, 0.25) is 0 Å². The van der Waals surface area contributed by atoms with Crippen LogP contribution < -0.4 is 5.73 Å². The molecule has 0 saturated carbocycles. The Kier molecular flexibility index (Phi) is 3.75. The number of hydrogen-bond acceptors (Lipinski definition) is 2. The highest BCUT2D eigenvalue weighted by molar-refractivity contribution is 5.82. The number of nitrogens with two attached hydrogens (primary N) is 1. The molecule has 92 valence electrons. The van der Waals surface area contributed by atoms with E-state index in [1.165, 1.54) is 0 Å². The molecule has 0 fully saturated rings. The van der Waals surface area contributed by atoms with E-state index in [0.717, 1.165) is 5.56 Å². The van der Waals surface area contributed by atoms with Crippen molar-refractivity contribution in [2.45, 2.75) is 12.0 Å². The third-order valence-corrected chi connectivity index (χ3v) is 2.92. The summed E-state index contributed by atoms with van der Waals surface area (Å²) in [4.78, 5) is 11.6. The Morgan fingerprint density at radius 1 is 0.889 bits per heavy atom. The number of rotatable bonds is 4. The number of hydrogen-bond donors (Lipinski definition) is 2. The minimum Gasteiger partial charge on any atom is -0.387 e. The number of benzene rings is 2. The van der Waals surface area contributed by atoms with Crippen molar-refractivity contribution >= 4 is 5.91 Å². The minimum atomic E-state index is -0.925.